The molecule has 1 aromatic carbocycles. The Hall–Kier alpha value is -0.570. The van der Waals surface area contributed by atoms with Crippen molar-refractivity contribution in [1.29, 1.82) is 0 Å². The molecule has 4 heteroatoms. The Bertz CT molecular complexity index is 297. The highest BCUT2D eigenvalue weighted by Crippen LogP contribution is 2.07. The van der Waals surface area contributed by atoms with Crippen molar-refractivity contribution >= 4 is 29.4 Å². The summed E-state index contributed by atoms with van der Waals surface area (Å²) in [6.45, 7) is 0.326. The molecule has 2 nitrogen and oxygen atoms in total. The monoisotopic (exact) mass is 231 g/mol. The molecule has 1 atom stereocenters. The molecule has 1 unspecified atom stereocenters. The second kappa shape index (κ2) is 6.02. The van der Waals surface area contributed by atoms with E-state index in [1.54, 1.807) is 18.3 Å². The molecule has 0 heterocycles. The van der Waals surface area contributed by atoms with Crippen LogP contribution < -0.4 is 0 Å². The summed E-state index contributed by atoms with van der Waals surface area (Å²) in [5.41, 5.74) is 0.955. The van der Waals surface area contributed by atoms with Crippen LogP contribution in [0.1, 0.15) is 5.56 Å². The van der Waals surface area contributed by atoms with E-state index in [9.17, 15) is 0 Å². The average molecular weight is 232 g/mol. The molecule has 0 spiro atoms. The third-order valence-corrected chi connectivity index (χ3v) is 2.21. The first-order chi connectivity index (χ1) is 6.72. The van der Waals surface area contributed by atoms with Gasteiger partial charge in [0, 0.05) is 11.2 Å². The summed E-state index contributed by atoms with van der Waals surface area (Å²) in [5.74, 6) is 0.206. The van der Waals surface area contributed by atoms with Crippen LogP contribution >= 0.6 is 23.2 Å². The molecule has 76 valence electrons. The van der Waals surface area contributed by atoms with Crippen LogP contribution in [0, 0.1) is 0 Å². The molecular formula is C10H11Cl2NO. The highest BCUT2D eigenvalue weighted by atomic mass is 35.5. The molecule has 1 N–H and O–H groups in total. The minimum absolute atomic E-state index is 0.206. The molecule has 0 aliphatic rings. The Labute approximate surface area is 93.2 Å². The number of aliphatic hydroxyl groups is 1. The molecule has 0 bridgehead atoms. The largest absolute Gasteiger partial charge is 0.390 e. The molecule has 1 aromatic rings. The van der Waals surface area contributed by atoms with Gasteiger partial charge in [0.15, 0.2) is 0 Å². The minimum atomic E-state index is -0.569. The van der Waals surface area contributed by atoms with E-state index < -0.39 is 6.10 Å². The molecule has 1 rings (SSSR count). The van der Waals surface area contributed by atoms with Gasteiger partial charge in [-0.25, -0.2) is 0 Å². The summed E-state index contributed by atoms with van der Waals surface area (Å²) in [4.78, 5) is 4.04. The maximum Gasteiger partial charge on any atom is 0.0870 e. The number of aliphatic hydroxyl groups excluding tert-OH is 1. The smallest absolute Gasteiger partial charge is 0.0870 e. The lowest BCUT2D eigenvalue weighted by Crippen LogP contribution is -2.12. The Morgan fingerprint density at radius 1 is 1.36 bits per heavy atom. The minimum Gasteiger partial charge on any atom is -0.390 e. The molecule has 0 radical (unpaired) electrons. The molecule has 0 saturated heterocycles. The molecule has 0 aromatic heterocycles. The predicted octanol–water partition coefficient (Wildman–Crippen LogP) is 2.36. The highest BCUT2D eigenvalue weighted by molar-refractivity contribution is 6.30. The van der Waals surface area contributed by atoms with Crippen molar-refractivity contribution in [2.24, 2.45) is 4.99 Å². The Morgan fingerprint density at radius 3 is 2.57 bits per heavy atom. The second-order valence-electron chi connectivity index (χ2n) is 2.85. The van der Waals surface area contributed by atoms with Crippen LogP contribution in [0.15, 0.2) is 29.3 Å². The summed E-state index contributed by atoms with van der Waals surface area (Å²) >= 11 is 11.1. The van der Waals surface area contributed by atoms with Crippen LogP contribution in [0.5, 0.6) is 0 Å². The van der Waals surface area contributed by atoms with Crippen molar-refractivity contribution in [2.75, 3.05) is 12.4 Å². The van der Waals surface area contributed by atoms with Crippen LogP contribution in [0.2, 0.25) is 5.02 Å². The number of alkyl halides is 1. The first kappa shape index (κ1) is 11.5. The number of hydrogen-bond acceptors (Lipinski definition) is 2. The summed E-state index contributed by atoms with van der Waals surface area (Å²) in [5, 5.41) is 9.81. The van der Waals surface area contributed by atoms with Gasteiger partial charge in [0.2, 0.25) is 0 Å². The summed E-state index contributed by atoms with van der Waals surface area (Å²) in [6.07, 6.45) is 1.12. The van der Waals surface area contributed by atoms with E-state index in [2.05, 4.69) is 4.99 Å². The quantitative estimate of drug-likeness (QED) is 0.627. The molecular weight excluding hydrogens is 221 g/mol. The third kappa shape index (κ3) is 4.09. The van der Waals surface area contributed by atoms with E-state index in [4.69, 9.17) is 28.3 Å². The van der Waals surface area contributed by atoms with Crippen molar-refractivity contribution < 1.29 is 5.11 Å². The van der Waals surface area contributed by atoms with Crippen molar-refractivity contribution in [2.45, 2.75) is 6.10 Å². The van der Waals surface area contributed by atoms with Gasteiger partial charge in [-0.3, -0.25) is 4.99 Å². The van der Waals surface area contributed by atoms with E-state index in [0.29, 0.717) is 11.6 Å². The van der Waals surface area contributed by atoms with Crippen LogP contribution in [0.3, 0.4) is 0 Å². The van der Waals surface area contributed by atoms with Gasteiger partial charge in [-0.05, 0) is 17.7 Å². The van der Waals surface area contributed by atoms with Crippen molar-refractivity contribution in [3.05, 3.63) is 34.9 Å². The van der Waals surface area contributed by atoms with Gasteiger partial charge in [0.25, 0.3) is 0 Å². The third-order valence-electron chi connectivity index (χ3n) is 1.60. The van der Waals surface area contributed by atoms with Gasteiger partial charge in [-0.1, -0.05) is 23.7 Å². The topological polar surface area (TPSA) is 32.6 Å². The fourth-order valence-corrected chi connectivity index (χ4v) is 1.10. The molecule has 0 amide bonds. The lowest BCUT2D eigenvalue weighted by atomic mass is 10.2. The van der Waals surface area contributed by atoms with Gasteiger partial charge >= 0.3 is 0 Å². The maximum atomic E-state index is 9.11. The van der Waals surface area contributed by atoms with Crippen molar-refractivity contribution in [3.63, 3.8) is 0 Å². The molecule has 14 heavy (non-hydrogen) atoms. The maximum absolute atomic E-state index is 9.11. The fraction of sp³-hybridized carbons (Fsp3) is 0.300. The van der Waals surface area contributed by atoms with Gasteiger partial charge in [-0.2, -0.15) is 0 Å². The Kier molecular flexibility index (Phi) is 4.94. The number of hydrogen-bond donors (Lipinski definition) is 1. The van der Waals surface area contributed by atoms with E-state index >= 15 is 0 Å². The van der Waals surface area contributed by atoms with Crippen molar-refractivity contribution in [3.8, 4) is 0 Å². The van der Waals surface area contributed by atoms with Crippen LogP contribution in [-0.2, 0) is 0 Å². The van der Waals surface area contributed by atoms with Gasteiger partial charge in [0.05, 0.1) is 18.5 Å². The molecule has 0 fully saturated rings. The number of nitrogens with zero attached hydrogens (tertiary/aromatic N) is 1. The van der Waals surface area contributed by atoms with Gasteiger partial charge < -0.3 is 5.11 Å². The van der Waals surface area contributed by atoms with Gasteiger partial charge in [0.1, 0.15) is 0 Å². The van der Waals surface area contributed by atoms with E-state index in [1.165, 1.54) is 0 Å². The van der Waals surface area contributed by atoms with Crippen LogP contribution in [-0.4, -0.2) is 29.8 Å². The average Bonchev–Trinajstić information content (AvgIpc) is 2.21. The molecule has 0 aliphatic heterocycles. The number of benzene rings is 1. The van der Waals surface area contributed by atoms with Gasteiger partial charge in [-0.15, -0.1) is 11.6 Å². The first-order valence-corrected chi connectivity index (χ1v) is 5.13. The zero-order chi connectivity index (χ0) is 10.4. The Balaban J connectivity index is 2.48. The zero-order valence-corrected chi connectivity index (χ0v) is 9.04. The predicted molar refractivity (Wildman–Crippen MR) is 60.6 cm³/mol. The second-order valence-corrected chi connectivity index (χ2v) is 3.60. The number of rotatable bonds is 4. The van der Waals surface area contributed by atoms with E-state index in [-0.39, 0.29) is 5.88 Å². The highest BCUT2D eigenvalue weighted by Gasteiger charge is 1.97. The SMILES string of the molecule is OC(CCl)CN=Cc1ccc(Cl)cc1. The standard InChI is InChI=1S/C10H11Cl2NO/c11-5-10(14)7-13-6-8-1-3-9(12)4-2-8/h1-4,6,10,14H,5,7H2. The van der Waals surface area contributed by atoms with E-state index in [0.717, 1.165) is 5.56 Å². The zero-order valence-electron chi connectivity index (χ0n) is 7.53. The van der Waals surface area contributed by atoms with Crippen LogP contribution in [0.4, 0.5) is 0 Å². The first-order valence-electron chi connectivity index (χ1n) is 4.22. The molecule has 0 saturated carbocycles. The Morgan fingerprint density at radius 2 is 2.00 bits per heavy atom. The van der Waals surface area contributed by atoms with Crippen LogP contribution in [0.25, 0.3) is 0 Å². The lowest BCUT2D eigenvalue weighted by molar-refractivity contribution is 0.207. The number of aliphatic imine (C=N–C) groups is 1. The summed E-state index contributed by atoms with van der Waals surface area (Å²) < 4.78 is 0. The van der Waals surface area contributed by atoms with E-state index in [1.807, 2.05) is 12.1 Å². The normalized spacial score (nSPS) is 13.4. The number of halogens is 2. The molecule has 0 aliphatic carbocycles. The fourth-order valence-electron chi connectivity index (χ4n) is 0.877. The summed E-state index contributed by atoms with van der Waals surface area (Å²) in [7, 11) is 0. The summed E-state index contributed by atoms with van der Waals surface area (Å²) in [6, 6.07) is 7.31. The van der Waals surface area contributed by atoms with Crippen molar-refractivity contribution in [1.82, 2.24) is 0 Å². The lowest BCUT2D eigenvalue weighted by Gasteiger charge is -2.00.